The van der Waals surface area contributed by atoms with E-state index in [1.54, 1.807) is 24.6 Å². The molecular weight excluding hydrogens is 300 g/mol. The van der Waals surface area contributed by atoms with Gasteiger partial charge in [-0.1, -0.05) is 36.4 Å². The van der Waals surface area contributed by atoms with Crippen LogP contribution in [0.4, 0.5) is 0 Å². The minimum atomic E-state index is -0.941. The molecule has 0 aliphatic carbocycles. The van der Waals surface area contributed by atoms with E-state index in [1.807, 2.05) is 30.3 Å². The molecule has 2 N–H and O–H groups in total. The third-order valence-electron chi connectivity index (χ3n) is 3.17. The Labute approximate surface area is 133 Å². The summed E-state index contributed by atoms with van der Waals surface area (Å²) in [5.74, 6) is -0.674. The molecule has 1 atom stereocenters. The Kier molecular flexibility index (Phi) is 5.68. The average Bonchev–Trinajstić information content (AvgIpc) is 3.07. The van der Waals surface area contributed by atoms with E-state index < -0.39 is 12.6 Å². The summed E-state index contributed by atoms with van der Waals surface area (Å²) in [6.07, 6.45) is 0. The van der Waals surface area contributed by atoms with Crippen molar-refractivity contribution in [3.63, 3.8) is 0 Å². The number of amides is 2. The number of likely N-dealkylation sites (N-methyl/N-ethyl adjacent to an activating group) is 1. The van der Waals surface area contributed by atoms with Gasteiger partial charge in [0.15, 0.2) is 0 Å². The molecule has 0 saturated carbocycles. The van der Waals surface area contributed by atoms with Crippen LogP contribution in [-0.2, 0) is 11.3 Å². The maximum absolute atomic E-state index is 12.3. The first-order valence-electron chi connectivity index (χ1n) is 6.86. The first-order chi connectivity index (χ1) is 10.6. The van der Waals surface area contributed by atoms with Gasteiger partial charge in [-0.2, -0.15) is 0 Å². The Morgan fingerprint density at radius 3 is 2.55 bits per heavy atom. The van der Waals surface area contributed by atoms with E-state index in [9.17, 15) is 14.7 Å². The van der Waals surface area contributed by atoms with Crippen LogP contribution in [0.15, 0.2) is 47.8 Å². The Bertz CT molecular complexity index is 614. The van der Waals surface area contributed by atoms with E-state index in [1.165, 1.54) is 16.2 Å². The van der Waals surface area contributed by atoms with Gasteiger partial charge in [0.25, 0.3) is 5.91 Å². The molecule has 0 radical (unpaired) electrons. The molecular formula is C16H18N2O3S. The van der Waals surface area contributed by atoms with Crippen LogP contribution in [-0.4, -0.2) is 41.5 Å². The van der Waals surface area contributed by atoms with E-state index in [-0.39, 0.29) is 11.8 Å². The molecule has 2 rings (SSSR count). The fraction of sp³-hybridized carbons (Fsp3) is 0.250. The van der Waals surface area contributed by atoms with Crippen LogP contribution in [0, 0.1) is 0 Å². The normalized spacial score (nSPS) is 11.7. The van der Waals surface area contributed by atoms with Crippen molar-refractivity contribution in [1.82, 2.24) is 10.2 Å². The molecule has 2 aromatic rings. The molecule has 0 fully saturated rings. The maximum atomic E-state index is 12.3. The molecule has 116 valence electrons. The summed E-state index contributed by atoms with van der Waals surface area (Å²) >= 11 is 1.29. The summed E-state index contributed by atoms with van der Waals surface area (Å²) in [6.45, 7) is -0.0138. The number of aliphatic hydroxyl groups is 1. The van der Waals surface area contributed by atoms with Gasteiger partial charge >= 0.3 is 0 Å². The molecule has 1 heterocycles. The molecule has 1 aromatic heterocycles. The summed E-state index contributed by atoms with van der Waals surface area (Å²) in [5.41, 5.74) is 0.986. The monoisotopic (exact) mass is 318 g/mol. The Hall–Kier alpha value is -2.18. The van der Waals surface area contributed by atoms with Crippen molar-refractivity contribution in [2.45, 2.75) is 12.6 Å². The molecule has 0 spiro atoms. The van der Waals surface area contributed by atoms with Crippen LogP contribution < -0.4 is 5.32 Å². The fourth-order valence-electron chi connectivity index (χ4n) is 2.02. The van der Waals surface area contributed by atoms with E-state index in [0.29, 0.717) is 11.4 Å². The number of aliphatic hydroxyl groups excluding tert-OH is 1. The van der Waals surface area contributed by atoms with Gasteiger partial charge in [0.2, 0.25) is 5.91 Å². The number of hydrogen-bond acceptors (Lipinski definition) is 4. The second-order valence-electron chi connectivity index (χ2n) is 4.87. The summed E-state index contributed by atoms with van der Waals surface area (Å²) in [5, 5.41) is 13.7. The van der Waals surface area contributed by atoms with Crippen molar-refractivity contribution in [2.75, 3.05) is 13.7 Å². The summed E-state index contributed by atoms with van der Waals surface area (Å²) < 4.78 is 0. The SMILES string of the molecule is CN(Cc1ccccc1)C(=O)[C@H](CO)NC(=O)c1cccs1. The van der Waals surface area contributed by atoms with Crippen LogP contribution in [0.3, 0.4) is 0 Å². The number of nitrogens with zero attached hydrogens (tertiary/aromatic N) is 1. The quantitative estimate of drug-likeness (QED) is 0.848. The Balaban J connectivity index is 1.97. The molecule has 2 amide bonds. The highest BCUT2D eigenvalue weighted by Crippen LogP contribution is 2.09. The number of carbonyl (C=O) groups is 2. The van der Waals surface area contributed by atoms with Crippen molar-refractivity contribution in [3.8, 4) is 0 Å². The molecule has 6 heteroatoms. The van der Waals surface area contributed by atoms with E-state index in [2.05, 4.69) is 5.32 Å². The Morgan fingerprint density at radius 1 is 1.23 bits per heavy atom. The predicted molar refractivity (Wildman–Crippen MR) is 85.6 cm³/mol. The average molecular weight is 318 g/mol. The number of carbonyl (C=O) groups excluding carboxylic acids is 2. The Morgan fingerprint density at radius 2 is 1.95 bits per heavy atom. The number of benzene rings is 1. The van der Waals surface area contributed by atoms with Crippen molar-refractivity contribution >= 4 is 23.2 Å². The van der Waals surface area contributed by atoms with Gasteiger partial charge < -0.3 is 15.3 Å². The maximum Gasteiger partial charge on any atom is 0.262 e. The zero-order valence-electron chi connectivity index (χ0n) is 12.2. The minimum Gasteiger partial charge on any atom is -0.394 e. The zero-order valence-corrected chi connectivity index (χ0v) is 13.0. The van der Waals surface area contributed by atoms with Crippen molar-refractivity contribution < 1.29 is 14.7 Å². The standard InChI is InChI=1S/C16H18N2O3S/c1-18(10-12-6-3-2-4-7-12)16(21)13(11-19)17-15(20)14-8-5-9-22-14/h2-9,13,19H,10-11H2,1H3,(H,17,20)/t13-/m0/s1. The number of rotatable bonds is 6. The summed E-state index contributed by atoms with van der Waals surface area (Å²) in [7, 11) is 1.65. The fourth-order valence-corrected chi connectivity index (χ4v) is 2.65. The predicted octanol–water partition coefficient (Wildman–Crippen LogP) is 1.50. The highest BCUT2D eigenvalue weighted by molar-refractivity contribution is 7.12. The number of hydrogen-bond donors (Lipinski definition) is 2. The van der Waals surface area contributed by atoms with Gasteiger partial charge in [-0.3, -0.25) is 9.59 Å². The lowest BCUT2D eigenvalue weighted by molar-refractivity contribution is -0.133. The van der Waals surface area contributed by atoms with E-state index in [4.69, 9.17) is 0 Å². The van der Waals surface area contributed by atoms with E-state index >= 15 is 0 Å². The summed E-state index contributed by atoms with van der Waals surface area (Å²) in [4.78, 5) is 26.3. The number of nitrogens with one attached hydrogen (secondary N) is 1. The highest BCUT2D eigenvalue weighted by Gasteiger charge is 2.24. The zero-order chi connectivity index (χ0) is 15.9. The highest BCUT2D eigenvalue weighted by atomic mass is 32.1. The summed E-state index contributed by atoms with van der Waals surface area (Å²) in [6, 6.07) is 12.0. The van der Waals surface area contributed by atoms with Crippen LogP contribution in [0.25, 0.3) is 0 Å². The van der Waals surface area contributed by atoms with E-state index in [0.717, 1.165) is 5.56 Å². The largest absolute Gasteiger partial charge is 0.394 e. The first-order valence-corrected chi connectivity index (χ1v) is 7.74. The molecule has 5 nitrogen and oxygen atoms in total. The smallest absolute Gasteiger partial charge is 0.262 e. The van der Waals surface area contributed by atoms with Crippen molar-refractivity contribution in [1.29, 1.82) is 0 Å². The van der Waals surface area contributed by atoms with Gasteiger partial charge in [-0.25, -0.2) is 0 Å². The van der Waals surface area contributed by atoms with Crippen molar-refractivity contribution in [2.24, 2.45) is 0 Å². The molecule has 0 saturated heterocycles. The first kappa shape index (κ1) is 16.2. The molecule has 0 bridgehead atoms. The lowest BCUT2D eigenvalue weighted by atomic mass is 10.2. The van der Waals surface area contributed by atoms with Gasteiger partial charge in [0, 0.05) is 13.6 Å². The van der Waals surface area contributed by atoms with Crippen LogP contribution >= 0.6 is 11.3 Å². The van der Waals surface area contributed by atoms with Gasteiger partial charge in [0.05, 0.1) is 11.5 Å². The lowest BCUT2D eigenvalue weighted by Gasteiger charge is -2.23. The van der Waals surface area contributed by atoms with Crippen LogP contribution in [0.5, 0.6) is 0 Å². The molecule has 0 aliphatic heterocycles. The molecule has 0 unspecified atom stereocenters. The lowest BCUT2D eigenvalue weighted by Crippen LogP contribution is -2.49. The molecule has 1 aromatic carbocycles. The second-order valence-corrected chi connectivity index (χ2v) is 5.81. The van der Waals surface area contributed by atoms with Gasteiger partial charge in [0.1, 0.15) is 6.04 Å². The molecule has 0 aliphatic rings. The van der Waals surface area contributed by atoms with Gasteiger partial charge in [-0.05, 0) is 17.0 Å². The second kappa shape index (κ2) is 7.72. The molecule has 22 heavy (non-hydrogen) atoms. The number of thiophene rings is 1. The third-order valence-corrected chi connectivity index (χ3v) is 4.04. The third kappa shape index (κ3) is 4.16. The van der Waals surface area contributed by atoms with Gasteiger partial charge in [-0.15, -0.1) is 11.3 Å². The minimum absolute atomic E-state index is 0.323. The van der Waals surface area contributed by atoms with Crippen molar-refractivity contribution in [3.05, 3.63) is 58.3 Å². The van der Waals surface area contributed by atoms with Crippen LogP contribution in [0.2, 0.25) is 0 Å². The van der Waals surface area contributed by atoms with Crippen LogP contribution in [0.1, 0.15) is 15.2 Å². The topological polar surface area (TPSA) is 69.6 Å².